The number of rotatable bonds is 0. The van der Waals surface area contributed by atoms with Crippen LogP contribution in [-0.4, -0.2) is 0 Å². The highest BCUT2D eigenvalue weighted by atomic mass is 12.1. The lowest BCUT2D eigenvalue weighted by Crippen LogP contribution is 0.143. The van der Waals surface area contributed by atoms with Crippen LogP contribution in [0.4, 0.5) is 0 Å². The summed E-state index contributed by atoms with van der Waals surface area (Å²) in [6.07, 6.45) is 0. The van der Waals surface area contributed by atoms with E-state index in [1.165, 1.54) is 0 Å². The summed E-state index contributed by atoms with van der Waals surface area (Å²) >= 11 is 0. The van der Waals surface area contributed by atoms with Crippen molar-refractivity contribution in [3.05, 3.63) is 0 Å². The predicted octanol–water partition coefficient (Wildman–Crippen LogP) is 33.1. The zero-order valence-electron chi connectivity index (χ0n) is 0. The van der Waals surface area contributed by atoms with Crippen LogP contribution < -0.4 is 0 Å². The zero-order chi connectivity index (χ0) is 0. The van der Waals surface area contributed by atoms with Gasteiger partial charge in [0.2, 0.25) is 0 Å². The maximum absolute atomic E-state index is 0. The van der Waals surface area contributed by atoms with Crippen molar-refractivity contribution in [2.45, 2.75) is 386 Å². The monoisotopic (exact) mass is 834 g/mol. The van der Waals surface area contributed by atoms with Gasteiger partial charge in [-0.25, -0.2) is 0 Å². The fourth-order valence-electron chi connectivity index (χ4n) is 0. The Balaban J connectivity index is 0. The molecule has 0 saturated heterocycles. The first kappa shape index (κ1) is 0. The Morgan fingerprint density at radius 3 is 0.0192 bits per heavy atom. The van der Waals surface area contributed by atoms with Crippen LogP contribution in [0.3, 0.4) is 0 Å². The van der Waals surface area contributed by atoms with Crippen LogP contribution in [0.1, 0.15) is 386 Å². The van der Waals surface area contributed by atoms with Gasteiger partial charge in [-0.05, 0) is 0 Å². The van der Waals surface area contributed by atoms with E-state index in [9.17, 15) is 0 Å². The van der Waals surface area contributed by atoms with E-state index in [-0.39, 0.29) is 386 Å². The van der Waals surface area contributed by atoms with Crippen LogP contribution in [-0.2, 0) is 0 Å². The standard InChI is InChI=1S/52CH4/h52*1H4. The van der Waals surface area contributed by atoms with E-state index in [4.69, 9.17) is 0 Å². The predicted molar refractivity (Wildman–Crippen MR) is 350 cm³/mol. The Labute approximate surface area is 385 Å². The molecule has 0 saturated carbocycles. The molecule has 0 aromatic rings. The molecule has 0 heterocycles. The molecule has 52 heavy (non-hydrogen) atoms. The average molecular weight is 834 g/mol. The highest BCUT2D eigenvalue weighted by Crippen LogP contribution is 0.195. The second-order valence-corrected chi connectivity index (χ2v) is 0. The Bertz CT molecular complexity index is 0. The van der Waals surface area contributed by atoms with Crippen LogP contribution in [0.5, 0.6) is 0 Å². The smallest absolute Gasteiger partial charge is 0.0776 e. The number of hydrogen-bond donors (Lipinski definition) is 0. The third-order valence-electron chi connectivity index (χ3n) is 0. The summed E-state index contributed by atoms with van der Waals surface area (Å²) < 4.78 is 0. The lowest BCUT2D eigenvalue weighted by atomic mass is 12.0. The quantitative estimate of drug-likeness (QED) is 0.228. The summed E-state index contributed by atoms with van der Waals surface area (Å²) in [5.41, 5.74) is 0. The summed E-state index contributed by atoms with van der Waals surface area (Å²) in [4.78, 5) is 0. The zero-order valence-corrected chi connectivity index (χ0v) is 0. The van der Waals surface area contributed by atoms with Gasteiger partial charge >= 0.3 is 0 Å². The van der Waals surface area contributed by atoms with E-state index in [0.717, 1.165) is 0 Å². The lowest BCUT2D eigenvalue weighted by molar-refractivity contribution is 2.50. The molecule has 0 aliphatic heterocycles. The first-order chi connectivity index (χ1) is 0. The Morgan fingerprint density at radius 1 is 0.0192 bits per heavy atom. The molecule has 0 nitrogen and oxygen atoms in total. The van der Waals surface area contributed by atoms with Gasteiger partial charge in [-0.15, -0.1) is 0 Å². The minimum Gasteiger partial charge on any atom is -0.0776 e. The topological polar surface area (TPSA) is 0 Å². The third kappa shape index (κ3) is 0. The maximum atomic E-state index is 0. The SMILES string of the molecule is C.C.C.C.C.C.C.C.C.C.C.C.C.C.C.C.C.C.C.C.C.C.C.C.C.C.C.C.C.C.C.C.C.C.C.C.C.C.C.C.C.C.C.C.C.C.C.C.C.C.C.C. The van der Waals surface area contributed by atoms with Crippen LogP contribution in [0.15, 0.2) is 0 Å². The lowest BCUT2D eigenvalue weighted by Gasteiger charge is -0.0786. The molecule has 0 heteroatoms. The summed E-state index contributed by atoms with van der Waals surface area (Å²) in [7, 11) is 0. The molecule has 0 unspecified atom stereocenters. The number of hydrogen-bond acceptors (Lipinski definition) is 0. The van der Waals surface area contributed by atoms with Gasteiger partial charge in [-0.1, -0.05) is 386 Å². The van der Waals surface area contributed by atoms with Gasteiger partial charge in [0.05, 0.1) is 0 Å². The van der Waals surface area contributed by atoms with Gasteiger partial charge in [0, 0.05) is 0 Å². The maximum Gasteiger partial charge on any atom is -0.0776 e. The van der Waals surface area contributed by atoms with E-state index >= 15 is 0 Å². The second-order valence-electron chi connectivity index (χ2n) is 0. The average Bonchev–Trinajstić information content (AvgIpc) is 0. The molecule has 0 fully saturated rings. The van der Waals surface area contributed by atoms with E-state index < -0.39 is 0 Å². The van der Waals surface area contributed by atoms with Crippen molar-refractivity contribution >= 4 is 0 Å². The van der Waals surface area contributed by atoms with Crippen molar-refractivity contribution in [3.8, 4) is 0 Å². The van der Waals surface area contributed by atoms with Crippen molar-refractivity contribution < 1.29 is 0 Å². The highest BCUT2D eigenvalue weighted by Gasteiger charge is -0.0266. The van der Waals surface area contributed by atoms with Crippen molar-refractivity contribution in [2.24, 2.45) is 0 Å². The van der Waals surface area contributed by atoms with Crippen molar-refractivity contribution in [1.82, 2.24) is 0 Å². The molecule has 0 amide bonds. The summed E-state index contributed by atoms with van der Waals surface area (Å²) in [5.74, 6) is 0. The first-order valence-corrected chi connectivity index (χ1v) is 0. The minimum absolute atomic E-state index is 0. The Hall–Kier alpha value is 0. The van der Waals surface area contributed by atoms with E-state index in [1.54, 1.807) is 0 Å². The molecule has 0 rings (SSSR count). The molecule has 0 radical (unpaired) electrons. The van der Waals surface area contributed by atoms with Crippen LogP contribution >= 0.6 is 0 Å². The fraction of sp³-hybridized carbons (Fsp3) is 1.00. The van der Waals surface area contributed by atoms with Gasteiger partial charge in [0.15, 0.2) is 0 Å². The normalized spacial score (nSPS) is 0. The summed E-state index contributed by atoms with van der Waals surface area (Å²) in [5, 5.41) is 0. The van der Waals surface area contributed by atoms with Gasteiger partial charge in [0.1, 0.15) is 0 Å². The van der Waals surface area contributed by atoms with Gasteiger partial charge in [-0.3, -0.25) is 0 Å². The van der Waals surface area contributed by atoms with E-state index in [2.05, 4.69) is 0 Å². The van der Waals surface area contributed by atoms with Crippen LogP contribution in [0.2, 0.25) is 0 Å². The molecule has 416 valence electrons. The molecule has 0 aromatic heterocycles. The van der Waals surface area contributed by atoms with Gasteiger partial charge in [0.25, 0.3) is 0 Å². The fourth-order valence-corrected chi connectivity index (χ4v) is 0. The first-order valence-electron chi connectivity index (χ1n) is 0. The summed E-state index contributed by atoms with van der Waals surface area (Å²) in [6, 6.07) is 0. The van der Waals surface area contributed by atoms with Crippen molar-refractivity contribution in [1.29, 1.82) is 0 Å². The Morgan fingerprint density at radius 2 is 0.0192 bits per heavy atom. The molecular weight excluding hydrogens is 625 g/mol. The molecule has 0 atom stereocenters. The highest BCUT2D eigenvalue weighted by molar-refractivity contribution is 2.55. The second kappa shape index (κ2) is 0. The largest absolute Gasteiger partial charge is 0.0776 e. The van der Waals surface area contributed by atoms with Gasteiger partial charge < -0.3 is 0 Å². The summed E-state index contributed by atoms with van der Waals surface area (Å²) in [6.45, 7) is 0. The van der Waals surface area contributed by atoms with Crippen LogP contribution in [0, 0.1) is 0 Å². The van der Waals surface area contributed by atoms with E-state index in [1.807, 2.05) is 0 Å². The molecular formula is C52H208. The minimum atomic E-state index is 0. The molecule has 0 spiro atoms. The van der Waals surface area contributed by atoms with Crippen LogP contribution in [0.25, 0.3) is 0 Å². The van der Waals surface area contributed by atoms with Crippen molar-refractivity contribution in [3.63, 3.8) is 0 Å². The molecule has 0 N–H and O–H groups in total. The van der Waals surface area contributed by atoms with E-state index in [0.29, 0.717) is 0 Å². The Kier molecular flexibility index (Phi) is 0. The molecule has 0 aliphatic rings. The molecule has 0 aromatic carbocycles. The van der Waals surface area contributed by atoms with Crippen molar-refractivity contribution in [2.75, 3.05) is 0 Å². The molecule has 0 aliphatic carbocycles. The van der Waals surface area contributed by atoms with Gasteiger partial charge in [-0.2, -0.15) is 0 Å². The third-order valence-corrected chi connectivity index (χ3v) is 0. The molecule has 0 bridgehead atoms.